The first-order valence-corrected chi connectivity index (χ1v) is 9.06. The number of urea groups is 1. The van der Waals surface area contributed by atoms with Crippen molar-refractivity contribution in [3.05, 3.63) is 0 Å². The molecule has 1 N–H and O–H groups in total. The van der Waals surface area contributed by atoms with Gasteiger partial charge in [-0.15, -0.1) is 0 Å². The molecular weight excluding hydrogens is 280 g/mol. The molecule has 1 saturated heterocycles. The van der Waals surface area contributed by atoms with Crippen LogP contribution < -0.4 is 5.32 Å². The van der Waals surface area contributed by atoms with Crippen LogP contribution in [-0.4, -0.2) is 49.3 Å². The number of carbonyl (C=O) groups excluding carboxylic acids is 2. The fraction of sp³-hybridized carbons (Fsp3) is 0.846. The molecule has 3 amide bonds. The average Bonchev–Trinajstić information content (AvgIpc) is 2.56. The molecule has 6 nitrogen and oxygen atoms in total. The number of nitrogens with zero attached hydrogens (tertiary/aromatic N) is 1. The van der Waals surface area contributed by atoms with E-state index in [1.54, 1.807) is 0 Å². The molecule has 0 bridgehead atoms. The van der Waals surface area contributed by atoms with Crippen molar-refractivity contribution in [2.75, 3.05) is 18.6 Å². The van der Waals surface area contributed by atoms with Crippen molar-refractivity contribution >= 4 is 21.8 Å². The van der Waals surface area contributed by atoms with Gasteiger partial charge < -0.3 is 5.32 Å². The van der Waals surface area contributed by atoms with Crippen LogP contribution in [0.25, 0.3) is 0 Å². The Bertz CT molecular complexity index is 518. The van der Waals surface area contributed by atoms with Crippen LogP contribution in [0.4, 0.5) is 4.79 Å². The lowest BCUT2D eigenvalue weighted by molar-refractivity contribution is -0.136. The summed E-state index contributed by atoms with van der Waals surface area (Å²) in [6, 6.07) is -0.459. The van der Waals surface area contributed by atoms with Gasteiger partial charge >= 0.3 is 6.03 Å². The van der Waals surface area contributed by atoms with Crippen LogP contribution in [0.1, 0.15) is 33.1 Å². The Hall–Kier alpha value is -1.11. The number of sulfone groups is 1. The summed E-state index contributed by atoms with van der Waals surface area (Å²) in [5, 5.41) is 2.85. The normalized spacial score (nSPS) is 34.6. The molecule has 0 aromatic carbocycles. The molecular formula is C13H22N2O4S. The van der Waals surface area contributed by atoms with Gasteiger partial charge in [-0.3, -0.25) is 9.69 Å². The zero-order valence-electron chi connectivity index (χ0n) is 12.2. The Balaban J connectivity index is 2.23. The summed E-state index contributed by atoms with van der Waals surface area (Å²) in [6.07, 6.45) is 3.95. The van der Waals surface area contributed by atoms with Crippen LogP contribution >= 0.6 is 0 Å². The number of hydrogen-bond donors (Lipinski definition) is 1. The number of amides is 3. The molecule has 2 aliphatic rings. The third-order valence-electron chi connectivity index (χ3n) is 4.67. The van der Waals surface area contributed by atoms with E-state index in [1.807, 2.05) is 13.8 Å². The summed E-state index contributed by atoms with van der Waals surface area (Å²) in [6.45, 7) is 3.90. The lowest BCUT2D eigenvalue weighted by atomic mass is 9.67. The molecule has 20 heavy (non-hydrogen) atoms. The van der Waals surface area contributed by atoms with E-state index in [0.29, 0.717) is 0 Å². The van der Waals surface area contributed by atoms with E-state index in [9.17, 15) is 18.0 Å². The minimum Gasteiger partial charge on any atom is -0.323 e. The largest absolute Gasteiger partial charge is 0.325 e. The van der Waals surface area contributed by atoms with Gasteiger partial charge in [0, 0.05) is 12.8 Å². The second kappa shape index (κ2) is 5.02. The van der Waals surface area contributed by atoms with E-state index in [-0.39, 0.29) is 30.0 Å². The predicted octanol–water partition coefficient (Wildman–Crippen LogP) is 0.778. The lowest BCUT2D eigenvalue weighted by Gasteiger charge is -2.42. The molecule has 114 valence electrons. The van der Waals surface area contributed by atoms with Gasteiger partial charge in [-0.1, -0.05) is 20.3 Å². The van der Waals surface area contributed by atoms with Crippen LogP contribution in [0, 0.1) is 11.8 Å². The summed E-state index contributed by atoms with van der Waals surface area (Å²) in [4.78, 5) is 25.8. The monoisotopic (exact) mass is 302 g/mol. The van der Waals surface area contributed by atoms with Gasteiger partial charge in [0.05, 0.1) is 5.75 Å². The summed E-state index contributed by atoms with van der Waals surface area (Å²) in [7, 11) is -3.20. The van der Waals surface area contributed by atoms with Crippen LogP contribution in [0.3, 0.4) is 0 Å². The molecule has 1 aliphatic heterocycles. The highest BCUT2D eigenvalue weighted by Crippen LogP contribution is 2.42. The Morgan fingerprint density at radius 2 is 1.80 bits per heavy atom. The van der Waals surface area contributed by atoms with Crippen molar-refractivity contribution in [1.82, 2.24) is 10.2 Å². The first kappa shape index (κ1) is 15.3. The van der Waals surface area contributed by atoms with Gasteiger partial charge in [0.25, 0.3) is 5.91 Å². The van der Waals surface area contributed by atoms with Gasteiger partial charge in [0.15, 0.2) is 0 Å². The second-order valence-corrected chi connectivity index (χ2v) is 8.38. The molecule has 0 aromatic heterocycles. The maximum absolute atomic E-state index is 12.7. The van der Waals surface area contributed by atoms with E-state index in [2.05, 4.69) is 5.32 Å². The molecule has 2 fully saturated rings. The van der Waals surface area contributed by atoms with Crippen LogP contribution in [0.15, 0.2) is 0 Å². The quantitative estimate of drug-likeness (QED) is 0.781. The number of imide groups is 1. The Morgan fingerprint density at radius 3 is 2.30 bits per heavy atom. The third-order valence-corrected chi connectivity index (χ3v) is 5.60. The van der Waals surface area contributed by atoms with Crippen molar-refractivity contribution in [1.29, 1.82) is 0 Å². The summed E-state index contributed by atoms with van der Waals surface area (Å²) in [5.41, 5.74) is -0.840. The van der Waals surface area contributed by atoms with E-state index >= 15 is 0 Å². The van der Waals surface area contributed by atoms with Crippen LogP contribution in [0.5, 0.6) is 0 Å². The zero-order chi connectivity index (χ0) is 15.1. The number of nitrogens with one attached hydrogen (secondary N) is 1. The highest BCUT2D eigenvalue weighted by Gasteiger charge is 2.58. The van der Waals surface area contributed by atoms with Gasteiger partial charge in [0.2, 0.25) is 0 Å². The fourth-order valence-corrected chi connectivity index (χ4v) is 3.93. The maximum Gasteiger partial charge on any atom is 0.325 e. The van der Waals surface area contributed by atoms with E-state index in [1.165, 1.54) is 0 Å². The molecule has 1 spiro atoms. The highest BCUT2D eigenvalue weighted by molar-refractivity contribution is 7.90. The SMILES string of the molecule is CC1CCCC(C)C12NC(=O)N(CCS(C)(=O)=O)C2=O. The molecule has 2 atom stereocenters. The first-order valence-electron chi connectivity index (χ1n) is 7.00. The Morgan fingerprint density at radius 1 is 1.25 bits per heavy atom. The van der Waals surface area contributed by atoms with Gasteiger partial charge in [0.1, 0.15) is 15.4 Å². The average molecular weight is 302 g/mol. The predicted molar refractivity (Wildman–Crippen MR) is 74.9 cm³/mol. The molecule has 2 rings (SSSR count). The summed E-state index contributed by atoms with van der Waals surface area (Å²) < 4.78 is 22.5. The van der Waals surface area contributed by atoms with Crippen molar-refractivity contribution < 1.29 is 18.0 Å². The maximum atomic E-state index is 12.7. The molecule has 2 unspecified atom stereocenters. The van der Waals surface area contributed by atoms with E-state index in [0.717, 1.165) is 30.4 Å². The second-order valence-electron chi connectivity index (χ2n) is 6.12. The van der Waals surface area contributed by atoms with Crippen molar-refractivity contribution in [2.24, 2.45) is 11.8 Å². The van der Waals surface area contributed by atoms with Crippen molar-refractivity contribution in [3.8, 4) is 0 Å². The summed E-state index contributed by atoms with van der Waals surface area (Å²) in [5.74, 6) is -0.298. The number of carbonyl (C=O) groups is 2. The minimum atomic E-state index is -3.20. The Labute approximate surface area is 119 Å². The molecule has 0 aromatic rings. The third kappa shape index (κ3) is 2.43. The fourth-order valence-electron chi connectivity index (χ4n) is 3.41. The Kier molecular flexibility index (Phi) is 3.83. The molecule has 7 heteroatoms. The number of rotatable bonds is 3. The smallest absolute Gasteiger partial charge is 0.323 e. The van der Waals surface area contributed by atoms with Gasteiger partial charge in [-0.2, -0.15) is 0 Å². The minimum absolute atomic E-state index is 0.0648. The van der Waals surface area contributed by atoms with Crippen molar-refractivity contribution in [2.45, 2.75) is 38.6 Å². The van der Waals surface area contributed by atoms with Crippen LogP contribution in [0.2, 0.25) is 0 Å². The highest BCUT2D eigenvalue weighted by atomic mass is 32.2. The van der Waals surface area contributed by atoms with E-state index < -0.39 is 21.4 Å². The first-order chi connectivity index (χ1) is 9.18. The van der Waals surface area contributed by atoms with Crippen LogP contribution in [-0.2, 0) is 14.6 Å². The van der Waals surface area contributed by atoms with Gasteiger partial charge in [-0.25, -0.2) is 13.2 Å². The molecule has 0 radical (unpaired) electrons. The standard InChI is InChI=1S/C13H22N2O4S/c1-9-5-4-6-10(2)13(9)11(16)15(12(17)14-13)7-8-20(3,18)19/h9-10H,4-8H2,1-3H3,(H,14,17). The van der Waals surface area contributed by atoms with Gasteiger partial charge in [-0.05, 0) is 24.7 Å². The summed E-state index contributed by atoms with van der Waals surface area (Å²) >= 11 is 0. The molecule has 1 heterocycles. The number of hydrogen-bond acceptors (Lipinski definition) is 4. The van der Waals surface area contributed by atoms with Crippen molar-refractivity contribution in [3.63, 3.8) is 0 Å². The molecule has 1 aliphatic carbocycles. The topological polar surface area (TPSA) is 83.6 Å². The zero-order valence-corrected chi connectivity index (χ0v) is 13.0. The van der Waals surface area contributed by atoms with E-state index in [4.69, 9.17) is 0 Å². The molecule has 1 saturated carbocycles. The lowest BCUT2D eigenvalue weighted by Crippen LogP contribution is -2.58.